The van der Waals surface area contributed by atoms with Gasteiger partial charge in [-0.05, 0) is 54.4 Å². The minimum absolute atomic E-state index is 0.104. The number of carbonyl (C=O) groups is 2. The van der Waals surface area contributed by atoms with Gasteiger partial charge < -0.3 is 14.7 Å². The average Bonchev–Trinajstić information content (AvgIpc) is 3.09. The van der Waals surface area contributed by atoms with E-state index >= 15 is 0 Å². The van der Waals surface area contributed by atoms with Crippen molar-refractivity contribution in [3.05, 3.63) is 100 Å². The third-order valence-corrected chi connectivity index (χ3v) is 5.82. The third kappa shape index (κ3) is 4.45. The van der Waals surface area contributed by atoms with Crippen molar-refractivity contribution in [1.82, 2.24) is 9.88 Å². The lowest BCUT2D eigenvalue weighted by Gasteiger charge is -2.24. The van der Waals surface area contributed by atoms with Gasteiger partial charge in [-0.2, -0.15) is 0 Å². The lowest BCUT2D eigenvalue weighted by atomic mass is 9.98. The number of methoxy groups -OCH3 is 1. The highest BCUT2D eigenvalue weighted by Gasteiger charge is 2.46. The highest BCUT2D eigenvalue weighted by Crippen LogP contribution is 2.40. The largest absolute Gasteiger partial charge is 0.507 e. The number of likely N-dealkylation sites (tertiary alicyclic amines) is 1. The zero-order valence-electron chi connectivity index (χ0n) is 17.7. The van der Waals surface area contributed by atoms with E-state index in [1.807, 2.05) is 0 Å². The van der Waals surface area contributed by atoms with Crippen LogP contribution >= 0.6 is 11.6 Å². The second kappa shape index (κ2) is 9.42. The number of benzene rings is 2. The lowest BCUT2D eigenvalue weighted by Crippen LogP contribution is -2.32. The quantitative estimate of drug-likeness (QED) is 0.327. The first-order chi connectivity index (χ1) is 15.9. The van der Waals surface area contributed by atoms with Gasteiger partial charge in [-0.15, -0.1) is 0 Å². The molecule has 1 atom stereocenters. The number of amides is 1. The average molecular weight is 467 g/mol. The molecule has 0 radical (unpaired) electrons. The van der Waals surface area contributed by atoms with Gasteiger partial charge >= 0.3 is 0 Å². The number of ketones is 1. The Bertz CT molecular complexity index is 1230. The first kappa shape index (κ1) is 22.5. The Kier molecular flexibility index (Phi) is 6.42. The minimum Gasteiger partial charge on any atom is -0.507 e. The number of rotatable bonds is 6. The van der Waals surface area contributed by atoms with Gasteiger partial charge in [0.1, 0.15) is 23.4 Å². The monoisotopic (exact) mass is 466 g/mol. The molecule has 1 aliphatic heterocycles. The summed E-state index contributed by atoms with van der Waals surface area (Å²) in [6.07, 6.45) is 1.94. The molecular weight excluding hydrogens is 447 g/mol. The van der Waals surface area contributed by atoms with Crippen LogP contribution in [0.15, 0.2) is 72.4 Å². The summed E-state index contributed by atoms with van der Waals surface area (Å²) in [6.45, 7) is 0.167. The number of hydrogen-bond acceptors (Lipinski definition) is 5. The molecule has 1 fully saturated rings. The van der Waals surface area contributed by atoms with Crippen molar-refractivity contribution < 1.29 is 23.8 Å². The normalized spacial score (nSPS) is 17.4. The van der Waals surface area contributed by atoms with Gasteiger partial charge in [0.25, 0.3) is 11.7 Å². The maximum Gasteiger partial charge on any atom is 0.295 e. The Morgan fingerprint density at radius 3 is 2.58 bits per heavy atom. The Morgan fingerprint density at radius 1 is 1.15 bits per heavy atom. The first-order valence-corrected chi connectivity index (χ1v) is 10.6. The predicted octanol–water partition coefficient (Wildman–Crippen LogP) is 4.55. The first-order valence-electron chi connectivity index (χ1n) is 10.2. The molecule has 8 heteroatoms. The Labute approximate surface area is 194 Å². The van der Waals surface area contributed by atoms with Crippen LogP contribution in [0.2, 0.25) is 5.02 Å². The molecule has 168 valence electrons. The van der Waals surface area contributed by atoms with E-state index in [1.165, 1.54) is 36.3 Å². The smallest absolute Gasteiger partial charge is 0.295 e. The van der Waals surface area contributed by atoms with Crippen molar-refractivity contribution in [1.29, 1.82) is 0 Å². The van der Waals surface area contributed by atoms with E-state index in [1.54, 1.807) is 42.6 Å². The summed E-state index contributed by atoms with van der Waals surface area (Å²) in [5.41, 5.74) is 1.30. The molecule has 1 unspecified atom stereocenters. The van der Waals surface area contributed by atoms with Crippen LogP contribution in [0.1, 0.15) is 22.9 Å². The van der Waals surface area contributed by atoms with Crippen molar-refractivity contribution >= 4 is 29.1 Å². The summed E-state index contributed by atoms with van der Waals surface area (Å²) in [7, 11) is 1.47. The number of aliphatic hydroxyl groups is 1. The molecule has 1 aliphatic rings. The molecular formula is C25H20ClFN2O4. The Morgan fingerprint density at radius 2 is 1.91 bits per heavy atom. The van der Waals surface area contributed by atoms with E-state index in [4.69, 9.17) is 16.3 Å². The van der Waals surface area contributed by atoms with Crippen molar-refractivity contribution in [3.8, 4) is 5.75 Å². The zero-order valence-corrected chi connectivity index (χ0v) is 18.4. The van der Waals surface area contributed by atoms with Crippen LogP contribution in [-0.4, -0.2) is 40.3 Å². The number of aromatic nitrogens is 1. The minimum atomic E-state index is -0.908. The maximum atomic E-state index is 13.2. The van der Waals surface area contributed by atoms with E-state index in [0.29, 0.717) is 17.9 Å². The van der Waals surface area contributed by atoms with E-state index in [2.05, 4.69) is 4.98 Å². The third-order valence-electron chi connectivity index (χ3n) is 5.49. The second-order valence-corrected chi connectivity index (χ2v) is 7.88. The van der Waals surface area contributed by atoms with Crippen LogP contribution in [-0.2, 0) is 16.0 Å². The molecule has 1 amide bonds. The number of ether oxygens (including phenoxy) is 1. The molecule has 3 aromatic rings. The van der Waals surface area contributed by atoms with Crippen LogP contribution in [0.25, 0.3) is 5.76 Å². The number of hydrogen-bond donors (Lipinski definition) is 1. The Hall–Kier alpha value is -3.71. The highest BCUT2D eigenvalue weighted by atomic mass is 35.5. The van der Waals surface area contributed by atoms with E-state index < -0.39 is 23.5 Å². The molecule has 0 bridgehead atoms. The number of nitrogens with zero attached hydrogens (tertiary/aromatic N) is 2. The fourth-order valence-electron chi connectivity index (χ4n) is 3.81. The van der Waals surface area contributed by atoms with Crippen molar-refractivity contribution in [2.24, 2.45) is 0 Å². The molecule has 2 heterocycles. The summed E-state index contributed by atoms with van der Waals surface area (Å²) in [5.74, 6) is -1.92. The molecule has 0 saturated carbocycles. The molecule has 0 aliphatic carbocycles. The van der Waals surface area contributed by atoms with Gasteiger partial charge in [0.15, 0.2) is 0 Å². The van der Waals surface area contributed by atoms with Crippen molar-refractivity contribution in [3.63, 3.8) is 0 Å². The lowest BCUT2D eigenvalue weighted by molar-refractivity contribution is -0.139. The summed E-state index contributed by atoms with van der Waals surface area (Å²) >= 11 is 6.29. The molecule has 1 N–H and O–H groups in total. The topological polar surface area (TPSA) is 79.7 Å². The second-order valence-electron chi connectivity index (χ2n) is 7.47. The Balaban J connectivity index is 1.79. The van der Waals surface area contributed by atoms with Gasteiger partial charge in [0, 0.05) is 18.3 Å². The SMILES string of the molecule is COc1ccc(Cl)c(/C(O)=C2\C(=O)C(=O)N(CCc3ccc(F)cc3)C2c2ccccn2)c1. The molecule has 33 heavy (non-hydrogen) atoms. The summed E-state index contributed by atoms with van der Waals surface area (Å²) < 4.78 is 18.4. The van der Waals surface area contributed by atoms with Crippen molar-refractivity contribution in [2.45, 2.75) is 12.5 Å². The molecule has 1 saturated heterocycles. The number of aliphatic hydroxyl groups excluding tert-OH is 1. The van der Waals surface area contributed by atoms with Gasteiger partial charge in [-0.1, -0.05) is 29.8 Å². The number of carbonyl (C=O) groups excluding carboxylic acids is 2. The fourth-order valence-corrected chi connectivity index (χ4v) is 4.02. The van der Waals surface area contributed by atoms with E-state index in [0.717, 1.165) is 5.56 Å². The maximum absolute atomic E-state index is 13.2. The van der Waals surface area contributed by atoms with Crippen LogP contribution in [0, 0.1) is 5.82 Å². The molecule has 1 aromatic heterocycles. The number of pyridine rings is 1. The van der Waals surface area contributed by atoms with Gasteiger partial charge in [0.2, 0.25) is 0 Å². The summed E-state index contributed by atoms with van der Waals surface area (Å²) in [6, 6.07) is 14.8. The highest BCUT2D eigenvalue weighted by molar-refractivity contribution is 6.47. The number of Topliss-reactive ketones (excluding diaryl/α,β-unsaturated/α-hetero) is 1. The molecule has 0 spiro atoms. The summed E-state index contributed by atoms with van der Waals surface area (Å²) in [4.78, 5) is 31.8. The fraction of sp³-hybridized carbons (Fsp3) is 0.160. The standard InChI is InChI=1S/C25H20ClFN2O4/c1-33-17-9-10-19(26)18(14-17)23(30)21-22(20-4-2-3-12-28-20)29(25(32)24(21)31)13-11-15-5-7-16(27)8-6-15/h2-10,12,14,22,30H,11,13H2,1H3/b23-21+. The van der Waals surface area contributed by atoms with E-state index in [9.17, 15) is 19.1 Å². The predicted molar refractivity (Wildman–Crippen MR) is 121 cm³/mol. The summed E-state index contributed by atoms with van der Waals surface area (Å²) in [5, 5.41) is 11.3. The van der Waals surface area contributed by atoms with Crippen molar-refractivity contribution in [2.75, 3.05) is 13.7 Å². The van der Waals surface area contributed by atoms with Gasteiger partial charge in [-0.25, -0.2) is 4.39 Å². The zero-order chi connectivity index (χ0) is 23.5. The van der Waals surface area contributed by atoms with Crippen LogP contribution in [0.3, 0.4) is 0 Å². The van der Waals surface area contributed by atoms with Crippen LogP contribution in [0.5, 0.6) is 5.75 Å². The van der Waals surface area contributed by atoms with Gasteiger partial charge in [0.05, 0.1) is 23.4 Å². The van der Waals surface area contributed by atoms with E-state index in [-0.39, 0.29) is 28.5 Å². The van der Waals surface area contributed by atoms with Crippen LogP contribution < -0.4 is 4.74 Å². The molecule has 4 rings (SSSR count). The van der Waals surface area contributed by atoms with Crippen LogP contribution in [0.4, 0.5) is 4.39 Å². The molecule has 2 aromatic carbocycles. The van der Waals surface area contributed by atoms with Gasteiger partial charge in [-0.3, -0.25) is 14.6 Å². The number of halogens is 2. The molecule has 6 nitrogen and oxygen atoms in total.